The van der Waals surface area contributed by atoms with Crippen molar-refractivity contribution in [3.8, 4) is 5.81 Å². The van der Waals surface area contributed by atoms with Crippen molar-refractivity contribution in [3.05, 3.63) is 0 Å². The molecule has 5 heteroatoms. The Bertz CT molecular complexity index is 237. The van der Waals surface area contributed by atoms with E-state index in [1.165, 1.54) is 4.67 Å². The second kappa shape index (κ2) is 5.39. The van der Waals surface area contributed by atoms with Crippen LogP contribution in [0.5, 0.6) is 0 Å². The molecule has 0 saturated carbocycles. The Morgan fingerprint density at radius 1 is 1.62 bits per heavy atom. The molecular weight excluding hydrogens is 187 g/mol. The summed E-state index contributed by atoms with van der Waals surface area (Å²) < 4.78 is 18.5. The quantitative estimate of drug-likeness (QED) is 0.645. The number of nitriles is 1. The van der Waals surface area contributed by atoms with E-state index in [1.54, 1.807) is 12.9 Å². The van der Waals surface area contributed by atoms with E-state index in [-0.39, 0.29) is 6.10 Å². The first-order chi connectivity index (χ1) is 6.00. The third kappa shape index (κ3) is 3.48. The van der Waals surface area contributed by atoms with Crippen molar-refractivity contribution in [3.63, 3.8) is 0 Å². The van der Waals surface area contributed by atoms with Gasteiger partial charge in [0, 0.05) is 6.54 Å². The maximum atomic E-state index is 11.8. The maximum absolute atomic E-state index is 11.8. The topological polar surface area (TPSA) is 53.3 Å². The van der Waals surface area contributed by atoms with Crippen LogP contribution in [0.15, 0.2) is 0 Å². The number of hydrogen-bond donors (Lipinski definition) is 0. The minimum atomic E-state index is -3.23. The van der Waals surface area contributed by atoms with Crippen LogP contribution in [-0.2, 0) is 9.09 Å². The average Bonchev–Trinajstić information content (AvgIpc) is 2.15. The Morgan fingerprint density at radius 3 is 2.46 bits per heavy atom. The van der Waals surface area contributed by atoms with Gasteiger partial charge in [-0.15, -0.1) is 0 Å². The molecule has 0 radical (unpaired) electrons. The van der Waals surface area contributed by atoms with Gasteiger partial charge < -0.3 is 4.52 Å². The van der Waals surface area contributed by atoms with Gasteiger partial charge in [-0.25, -0.2) is 4.67 Å². The summed E-state index contributed by atoms with van der Waals surface area (Å²) in [6, 6.07) is 0. The highest BCUT2D eigenvalue weighted by atomic mass is 31.2. The van der Waals surface area contributed by atoms with E-state index in [4.69, 9.17) is 9.79 Å². The first-order valence-corrected chi connectivity index (χ1v) is 5.99. The first-order valence-electron chi connectivity index (χ1n) is 4.41. The lowest BCUT2D eigenvalue weighted by Gasteiger charge is -2.23. The van der Waals surface area contributed by atoms with Gasteiger partial charge in [-0.2, -0.15) is 5.26 Å². The minimum Gasteiger partial charge on any atom is -0.304 e. The fourth-order valence-electron chi connectivity index (χ4n) is 0.685. The molecule has 0 aliphatic rings. The molecule has 0 amide bonds. The molecular formula is C8H17N2O2P. The zero-order valence-electron chi connectivity index (χ0n) is 8.65. The lowest BCUT2D eigenvalue weighted by molar-refractivity contribution is 0.202. The first kappa shape index (κ1) is 12.6. The van der Waals surface area contributed by atoms with Crippen molar-refractivity contribution in [1.82, 2.24) is 4.67 Å². The molecule has 4 nitrogen and oxygen atoms in total. The molecule has 0 heterocycles. The van der Waals surface area contributed by atoms with Crippen LogP contribution < -0.4 is 0 Å². The van der Waals surface area contributed by atoms with E-state index in [2.05, 4.69) is 0 Å². The van der Waals surface area contributed by atoms with Gasteiger partial charge in [-0.3, -0.25) is 4.57 Å². The molecule has 2 unspecified atom stereocenters. The van der Waals surface area contributed by atoms with Crippen molar-refractivity contribution < 1.29 is 9.09 Å². The van der Waals surface area contributed by atoms with Crippen molar-refractivity contribution in [2.45, 2.75) is 33.3 Å². The third-order valence-electron chi connectivity index (χ3n) is 1.93. The summed E-state index contributed by atoms with van der Waals surface area (Å²) in [5.74, 6) is 1.75. The molecule has 0 N–H and O–H groups in total. The highest BCUT2D eigenvalue weighted by molar-refractivity contribution is 7.61. The second-order valence-corrected chi connectivity index (χ2v) is 5.05. The molecule has 0 aliphatic carbocycles. The van der Waals surface area contributed by atoms with E-state index in [0.717, 1.165) is 6.42 Å². The molecule has 0 saturated heterocycles. The van der Waals surface area contributed by atoms with Gasteiger partial charge in [0.2, 0.25) is 0 Å². The lowest BCUT2D eigenvalue weighted by Crippen LogP contribution is -2.18. The molecule has 0 aliphatic heterocycles. The van der Waals surface area contributed by atoms with Gasteiger partial charge >= 0.3 is 7.52 Å². The highest BCUT2D eigenvalue weighted by Gasteiger charge is 2.29. The highest BCUT2D eigenvalue weighted by Crippen LogP contribution is 2.49. The molecule has 76 valence electrons. The van der Waals surface area contributed by atoms with Crippen molar-refractivity contribution >= 4 is 7.52 Å². The zero-order valence-corrected chi connectivity index (χ0v) is 9.54. The predicted octanol–water partition coefficient (Wildman–Crippen LogP) is 2.43. The second-order valence-electron chi connectivity index (χ2n) is 2.92. The average molecular weight is 204 g/mol. The normalized spacial score (nSPS) is 17.8. The molecule has 0 aromatic carbocycles. The van der Waals surface area contributed by atoms with E-state index in [9.17, 15) is 4.57 Å². The Morgan fingerprint density at radius 2 is 2.15 bits per heavy atom. The molecule has 0 spiro atoms. The lowest BCUT2D eigenvalue weighted by atomic mass is 10.3. The molecule has 0 aromatic rings. The van der Waals surface area contributed by atoms with E-state index in [1.807, 2.05) is 20.8 Å². The third-order valence-corrected chi connectivity index (χ3v) is 4.01. The standard InChI is InChI=1S/C8H17N2O2P/c1-5-8(3)12-13(11,7-9)10(4)6-2/h8H,5-6H2,1-4H3. The molecule has 0 aromatic heterocycles. The Kier molecular flexibility index (Phi) is 5.24. The number of rotatable bonds is 5. The summed E-state index contributed by atoms with van der Waals surface area (Å²) in [4.78, 5) is 0. The summed E-state index contributed by atoms with van der Waals surface area (Å²) in [5.41, 5.74) is 0. The van der Waals surface area contributed by atoms with Crippen LogP contribution in [0.25, 0.3) is 0 Å². The fourth-order valence-corrected chi connectivity index (χ4v) is 2.06. The van der Waals surface area contributed by atoms with Crippen LogP contribution in [0.4, 0.5) is 0 Å². The molecule has 13 heavy (non-hydrogen) atoms. The van der Waals surface area contributed by atoms with Crippen LogP contribution in [0.3, 0.4) is 0 Å². The smallest absolute Gasteiger partial charge is 0.304 e. The van der Waals surface area contributed by atoms with Gasteiger partial charge in [0.1, 0.15) is 0 Å². The minimum absolute atomic E-state index is 0.139. The largest absolute Gasteiger partial charge is 0.371 e. The summed E-state index contributed by atoms with van der Waals surface area (Å²) in [6.07, 6.45) is 0.614. The monoisotopic (exact) mass is 204 g/mol. The predicted molar refractivity (Wildman–Crippen MR) is 52.4 cm³/mol. The van der Waals surface area contributed by atoms with Crippen LogP contribution >= 0.6 is 7.52 Å². The Balaban J connectivity index is 4.49. The van der Waals surface area contributed by atoms with Crippen molar-refractivity contribution in [1.29, 1.82) is 5.26 Å². The Labute approximate surface area is 80.0 Å². The zero-order chi connectivity index (χ0) is 10.5. The SMILES string of the molecule is CCC(C)OP(=O)(C#N)N(C)CC. The van der Waals surface area contributed by atoms with Crippen LogP contribution in [0.2, 0.25) is 0 Å². The van der Waals surface area contributed by atoms with Crippen LogP contribution in [-0.4, -0.2) is 24.4 Å². The molecule has 0 bridgehead atoms. The van der Waals surface area contributed by atoms with E-state index >= 15 is 0 Å². The van der Waals surface area contributed by atoms with Gasteiger partial charge in [-0.05, 0) is 20.4 Å². The van der Waals surface area contributed by atoms with Crippen molar-refractivity contribution in [2.24, 2.45) is 0 Å². The fraction of sp³-hybridized carbons (Fsp3) is 0.875. The molecule has 2 atom stereocenters. The maximum Gasteiger partial charge on any atom is 0.371 e. The van der Waals surface area contributed by atoms with Gasteiger partial charge in [0.05, 0.1) is 6.10 Å². The van der Waals surface area contributed by atoms with E-state index < -0.39 is 7.52 Å². The van der Waals surface area contributed by atoms with Gasteiger partial charge in [0.25, 0.3) is 0 Å². The van der Waals surface area contributed by atoms with Crippen molar-refractivity contribution in [2.75, 3.05) is 13.6 Å². The summed E-state index contributed by atoms with van der Waals surface area (Å²) in [5, 5.41) is 8.75. The summed E-state index contributed by atoms with van der Waals surface area (Å²) in [7, 11) is -1.59. The van der Waals surface area contributed by atoms with E-state index in [0.29, 0.717) is 6.54 Å². The molecule has 0 fully saturated rings. The van der Waals surface area contributed by atoms with Gasteiger partial charge in [-0.1, -0.05) is 13.8 Å². The van der Waals surface area contributed by atoms with Gasteiger partial charge in [0.15, 0.2) is 5.81 Å². The summed E-state index contributed by atoms with van der Waals surface area (Å²) in [6.45, 7) is 6.12. The van der Waals surface area contributed by atoms with Crippen LogP contribution in [0, 0.1) is 11.1 Å². The van der Waals surface area contributed by atoms with Crippen LogP contribution in [0.1, 0.15) is 27.2 Å². The molecule has 0 rings (SSSR count). The Hall–Kier alpha value is -0.360. The summed E-state index contributed by atoms with van der Waals surface area (Å²) >= 11 is 0. The number of nitrogens with zero attached hydrogens (tertiary/aromatic N) is 2. The number of hydrogen-bond acceptors (Lipinski definition) is 3.